The number of allylic oxidation sites excluding steroid dienone is 1. The van der Waals surface area contributed by atoms with E-state index in [2.05, 4.69) is 5.32 Å². The SMILES string of the molecule is CC(C)=C1C(=O)Nc2ccc(S(=O)(=O)N(C)c3cccc(C)c3)cc21. The Morgan fingerprint density at radius 1 is 1.08 bits per heavy atom. The summed E-state index contributed by atoms with van der Waals surface area (Å²) in [4.78, 5) is 12.3. The van der Waals surface area contributed by atoms with Crippen LogP contribution >= 0.6 is 0 Å². The summed E-state index contributed by atoms with van der Waals surface area (Å²) in [6, 6.07) is 12.0. The predicted molar refractivity (Wildman–Crippen MR) is 100 cm³/mol. The Balaban J connectivity index is 2.08. The standard InChI is InChI=1S/C19H20N2O3S/c1-12(2)18-16-11-15(8-9-17(16)20-19(18)22)25(23,24)21(4)14-7-5-6-13(3)10-14/h5-11H,1-4H3,(H,20,22). The fourth-order valence-electron chi connectivity index (χ4n) is 2.92. The van der Waals surface area contributed by atoms with Gasteiger partial charge in [0.1, 0.15) is 0 Å². The molecule has 0 saturated heterocycles. The molecule has 1 aliphatic heterocycles. The third kappa shape index (κ3) is 2.93. The van der Waals surface area contributed by atoms with Crippen molar-refractivity contribution in [2.45, 2.75) is 25.7 Å². The molecule has 2 aromatic rings. The number of amides is 1. The number of rotatable bonds is 3. The molecule has 2 aromatic carbocycles. The van der Waals surface area contributed by atoms with Gasteiger partial charge >= 0.3 is 0 Å². The van der Waals surface area contributed by atoms with E-state index in [1.807, 2.05) is 39.0 Å². The monoisotopic (exact) mass is 356 g/mol. The summed E-state index contributed by atoms with van der Waals surface area (Å²) in [5.41, 5.74) is 4.22. The fourth-order valence-corrected chi connectivity index (χ4v) is 4.14. The summed E-state index contributed by atoms with van der Waals surface area (Å²) >= 11 is 0. The number of anilines is 2. The number of sulfonamides is 1. The minimum Gasteiger partial charge on any atom is -0.321 e. The molecular weight excluding hydrogens is 336 g/mol. The summed E-state index contributed by atoms with van der Waals surface area (Å²) in [5.74, 6) is -0.198. The summed E-state index contributed by atoms with van der Waals surface area (Å²) in [6.45, 7) is 5.59. The van der Waals surface area contributed by atoms with Gasteiger partial charge in [-0.1, -0.05) is 17.7 Å². The van der Waals surface area contributed by atoms with Crippen molar-refractivity contribution in [1.82, 2.24) is 0 Å². The van der Waals surface area contributed by atoms with Crippen molar-refractivity contribution in [3.8, 4) is 0 Å². The van der Waals surface area contributed by atoms with Gasteiger partial charge in [-0.05, 0) is 56.7 Å². The van der Waals surface area contributed by atoms with Gasteiger partial charge in [-0.25, -0.2) is 8.42 Å². The predicted octanol–water partition coefficient (Wildman–Crippen LogP) is 3.57. The average Bonchev–Trinajstić information content (AvgIpc) is 2.89. The lowest BCUT2D eigenvalue weighted by Crippen LogP contribution is -2.26. The van der Waals surface area contributed by atoms with Crippen molar-refractivity contribution in [2.24, 2.45) is 0 Å². The highest BCUT2D eigenvalue weighted by Gasteiger charge is 2.29. The van der Waals surface area contributed by atoms with Crippen LogP contribution in [0.3, 0.4) is 0 Å². The summed E-state index contributed by atoms with van der Waals surface area (Å²) in [6.07, 6.45) is 0. The normalized spacial score (nSPS) is 13.4. The molecule has 0 unspecified atom stereocenters. The number of benzene rings is 2. The molecule has 0 radical (unpaired) electrons. The highest BCUT2D eigenvalue weighted by atomic mass is 32.2. The number of nitrogens with one attached hydrogen (secondary N) is 1. The quantitative estimate of drug-likeness (QED) is 0.855. The van der Waals surface area contributed by atoms with Crippen LogP contribution in [0.15, 0.2) is 52.9 Å². The van der Waals surface area contributed by atoms with Gasteiger partial charge in [0.25, 0.3) is 15.9 Å². The highest BCUT2D eigenvalue weighted by molar-refractivity contribution is 7.92. The molecule has 0 bridgehead atoms. The topological polar surface area (TPSA) is 66.5 Å². The Morgan fingerprint density at radius 2 is 1.80 bits per heavy atom. The number of carbonyl (C=O) groups excluding carboxylic acids is 1. The molecule has 5 nitrogen and oxygen atoms in total. The van der Waals surface area contributed by atoms with Gasteiger partial charge in [0.15, 0.2) is 0 Å². The van der Waals surface area contributed by atoms with Crippen molar-refractivity contribution < 1.29 is 13.2 Å². The van der Waals surface area contributed by atoms with Gasteiger partial charge in [-0.15, -0.1) is 0 Å². The van der Waals surface area contributed by atoms with Gasteiger partial charge in [0.2, 0.25) is 0 Å². The first-order valence-electron chi connectivity index (χ1n) is 7.90. The maximum Gasteiger partial charge on any atom is 0.264 e. The second kappa shape index (κ2) is 6.04. The van der Waals surface area contributed by atoms with Crippen LogP contribution in [0.2, 0.25) is 0 Å². The number of fused-ring (bicyclic) bond motifs is 1. The Hall–Kier alpha value is -2.60. The largest absolute Gasteiger partial charge is 0.321 e. The van der Waals surface area contributed by atoms with Crippen molar-refractivity contribution in [2.75, 3.05) is 16.7 Å². The van der Waals surface area contributed by atoms with E-state index in [4.69, 9.17) is 0 Å². The Bertz CT molecular complexity index is 1000. The van der Waals surface area contributed by atoms with Crippen LogP contribution in [0.1, 0.15) is 25.0 Å². The van der Waals surface area contributed by atoms with Crippen LogP contribution in [0.4, 0.5) is 11.4 Å². The fraction of sp³-hybridized carbons (Fsp3) is 0.211. The third-order valence-electron chi connectivity index (χ3n) is 4.26. The molecule has 1 aliphatic rings. The Kier molecular flexibility index (Phi) is 4.16. The van der Waals surface area contributed by atoms with Crippen LogP contribution in [-0.2, 0) is 14.8 Å². The maximum absolute atomic E-state index is 13.0. The average molecular weight is 356 g/mol. The molecule has 25 heavy (non-hydrogen) atoms. The van der Waals surface area contributed by atoms with E-state index in [-0.39, 0.29) is 10.8 Å². The van der Waals surface area contributed by atoms with Crippen molar-refractivity contribution in [3.05, 3.63) is 59.2 Å². The van der Waals surface area contributed by atoms with Crippen LogP contribution in [0.5, 0.6) is 0 Å². The van der Waals surface area contributed by atoms with Gasteiger partial charge in [-0.3, -0.25) is 9.10 Å². The molecule has 0 spiro atoms. The number of carbonyl (C=O) groups is 1. The van der Waals surface area contributed by atoms with Gasteiger partial charge in [0.05, 0.1) is 10.6 Å². The third-order valence-corrected chi connectivity index (χ3v) is 6.04. The zero-order valence-electron chi connectivity index (χ0n) is 14.6. The van der Waals surface area contributed by atoms with Gasteiger partial charge in [-0.2, -0.15) is 0 Å². The van der Waals surface area contributed by atoms with Crippen molar-refractivity contribution in [3.63, 3.8) is 0 Å². The van der Waals surface area contributed by atoms with Crippen molar-refractivity contribution >= 4 is 32.9 Å². The first-order valence-corrected chi connectivity index (χ1v) is 9.34. The maximum atomic E-state index is 13.0. The first kappa shape index (κ1) is 17.2. The number of hydrogen-bond acceptors (Lipinski definition) is 3. The number of hydrogen-bond donors (Lipinski definition) is 1. The summed E-state index contributed by atoms with van der Waals surface area (Å²) in [5, 5.41) is 2.77. The lowest BCUT2D eigenvalue weighted by atomic mass is 10.0. The Labute approximate surface area is 148 Å². The van der Waals surface area contributed by atoms with Crippen LogP contribution < -0.4 is 9.62 Å². The molecular formula is C19H20N2O3S. The molecule has 130 valence electrons. The van der Waals surface area contributed by atoms with Crippen molar-refractivity contribution in [1.29, 1.82) is 0 Å². The lowest BCUT2D eigenvalue weighted by molar-refractivity contribution is -0.110. The highest BCUT2D eigenvalue weighted by Crippen LogP contribution is 2.36. The van der Waals surface area contributed by atoms with E-state index >= 15 is 0 Å². The molecule has 0 aromatic heterocycles. The second-order valence-corrected chi connectivity index (χ2v) is 8.32. The smallest absolute Gasteiger partial charge is 0.264 e. The number of aryl methyl sites for hydroxylation is 1. The number of nitrogens with zero attached hydrogens (tertiary/aromatic N) is 1. The minimum absolute atomic E-state index is 0.158. The van der Waals surface area contributed by atoms with Crippen LogP contribution in [0, 0.1) is 6.92 Å². The molecule has 1 N–H and O–H groups in total. The van der Waals surface area contributed by atoms with Gasteiger partial charge in [0, 0.05) is 23.9 Å². The molecule has 0 fully saturated rings. The molecule has 6 heteroatoms. The van der Waals surface area contributed by atoms with Crippen LogP contribution in [0.25, 0.3) is 5.57 Å². The van der Waals surface area contributed by atoms with E-state index in [0.29, 0.717) is 22.5 Å². The van der Waals surface area contributed by atoms with E-state index in [1.165, 1.54) is 17.4 Å². The van der Waals surface area contributed by atoms with E-state index in [1.54, 1.807) is 18.2 Å². The molecule has 0 saturated carbocycles. The van der Waals surface area contributed by atoms with E-state index in [0.717, 1.165) is 11.1 Å². The Morgan fingerprint density at radius 3 is 2.44 bits per heavy atom. The van der Waals surface area contributed by atoms with E-state index < -0.39 is 10.0 Å². The van der Waals surface area contributed by atoms with Crippen LogP contribution in [-0.4, -0.2) is 21.4 Å². The molecule has 0 atom stereocenters. The van der Waals surface area contributed by atoms with E-state index in [9.17, 15) is 13.2 Å². The van der Waals surface area contributed by atoms with Gasteiger partial charge < -0.3 is 5.32 Å². The first-order chi connectivity index (χ1) is 11.7. The molecule has 1 amide bonds. The summed E-state index contributed by atoms with van der Waals surface area (Å²) in [7, 11) is -2.19. The summed E-state index contributed by atoms with van der Waals surface area (Å²) < 4.78 is 27.3. The molecule has 3 rings (SSSR count). The zero-order valence-corrected chi connectivity index (χ0v) is 15.4. The molecule has 0 aliphatic carbocycles. The zero-order chi connectivity index (χ0) is 18.4. The second-order valence-electron chi connectivity index (χ2n) is 6.35. The lowest BCUT2D eigenvalue weighted by Gasteiger charge is -2.20. The molecule has 1 heterocycles. The minimum atomic E-state index is -3.73.